The molecule has 3 atom stereocenters. The summed E-state index contributed by atoms with van der Waals surface area (Å²) in [6.07, 6.45) is -1.20. The third-order valence-electron chi connectivity index (χ3n) is 3.67. The number of hydrogen-bond donors (Lipinski definition) is 1. The largest absolute Gasteiger partial charge is 0.416 e. The highest BCUT2D eigenvalue weighted by Crippen LogP contribution is 2.39. The van der Waals surface area contributed by atoms with E-state index in [4.69, 9.17) is 4.74 Å². The van der Waals surface area contributed by atoms with Crippen molar-refractivity contribution in [2.45, 2.75) is 31.7 Å². The zero-order valence-electron chi connectivity index (χ0n) is 10.9. The number of alkyl halides is 3. The minimum Gasteiger partial charge on any atom is -0.378 e. The quantitative estimate of drug-likeness (QED) is 0.920. The van der Waals surface area contributed by atoms with Crippen molar-refractivity contribution in [1.82, 2.24) is 10.3 Å². The molecule has 1 aromatic heterocycles. The number of nitrogens with zero attached hydrogens (tertiary/aromatic N) is 1. The van der Waals surface area contributed by atoms with Crippen molar-refractivity contribution in [1.29, 1.82) is 0 Å². The summed E-state index contributed by atoms with van der Waals surface area (Å²) < 4.78 is 44.6. The van der Waals surface area contributed by atoms with Gasteiger partial charge in [-0.1, -0.05) is 0 Å². The number of hydrogen-bond acceptors (Lipinski definition) is 3. The van der Waals surface area contributed by atoms with Crippen LogP contribution < -0.4 is 5.32 Å². The molecule has 0 spiro atoms. The van der Waals surface area contributed by atoms with Crippen LogP contribution >= 0.6 is 0 Å². The third kappa shape index (κ3) is 2.90. The molecule has 6 heteroatoms. The average Bonchev–Trinajstić information content (AvgIpc) is 2.76. The van der Waals surface area contributed by atoms with Crippen LogP contribution in [0.1, 0.15) is 30.5 Å². The molecule has 2 rings (SSSR count). The molecule has 1 aromatic rings. The maximum atomic E-state index is 13.0. The molecule has 3 nitrogen and oxygen atoms in total. The number of halogens is 3. The first-order valence-electron chi connectivity index (χ1n) is 6.25. The lowest BCUT2D eigenvalue weighted by Crippen LogP contribution is -2.31. The molecule has 1 aliphatic heterocycles. The van der Waals surface area contributed by atoms with Crippen LogP contribution in [0.3, 0.4) is 0 Å². The Bertz CT molecular complexity index is 436. The smallest absolute Gasteiger partial charge is 0.378 e. The molecule has 2 heterocycles. The van der Waals surface area contributed by atoms with Gasteiger partial charge in [0.1, 0.15) is 0 Å². The Morgan fingerprint density at radius 1 is 1.47 bits per heavy atom. The fourth-order valence-electron chi connectivity index (χ4n) is 2.70. The van der Waals surface area contributed by atoms with E-state index in [-0.39, 0.29) is 17.6 Å². The van der Waals surface area contributed by atoms with Crippen LogP contribution in [0.4, 0.5) is 13.2 Å². The van der Waals surface area contributed by atoms with Gasteiger partial charge in [-0.15, -0.1) is 0 Å². The van der Waals surface area contributed by atoms with Gasteiger partial charge in [-0.2, -0.15) is 13.2 Å². The van der Waals surface area contributed by atoms with Crippen LogP contribution in [0.15, 0.2) is 18.5 Å². The van der Waals surface area contributed by atoms with Crippen LogP contribution in [0.5, 0.6) is 0 Å². The Morgan fingerprint density at radius 2 is 2.21 bits per heavy atom. The van der Waals surface area contributed by atoms with E-state index in [9.17, 15) is 13.2 Å². The van der Waals surface area contributed by atoms with Crippen molar-refractivity contribution in [3.05, 3.63) is 29.6 Å². The number of nitrogens with one attached hydrogen (secondary N) is 1. The molecule has 1 fully saturated rings. The maximum absolute atomic E-state index is 13.0. The molecule has 19 heavy (non-hydrogen) atoms. The van der Waals surface area contributed by atoms with E-state index in [0.717, 1.165) is 12.5 Å². The number of ether oxygens (including phenoxy) is 1. The zero-order chi connectivity index (χ0) is 14.0. The SMILES string of the molecule is CNC(c1cnccc1C(F)(F)F)C1CCOC1C. The molecule has 0 aliphatic carbocycles. The molecule has 0 radical (unpaired) electrons. The Morgan fingerprint density at radius 3 is 2.74 bits per heavy atom. The summed E-state index contributed by atoms with van der Waals surface area (Å²) in [5.41, 5.74) is -0.430. The van der Waals surface area contributed by atoms with Gasteiger partial charge in [0, 0.05) is 31.0 Å². The van der Waals surface area contributed by atoms with Crippen LogP contribution in [0.2, 0.25) is 0 Å². The summed E-state index contributed by atoms with van der Waals surface area (Å²) in [5.74, 6) is 0.0234. The van der Waals surface area contributed by atoms with Gasteiger partial charge < -0.3 is 10.1 Å². The molecule has 3 unspecified atom stereocenters. The Kier molecular flexibility index (Phi) is 4.10. The number of aromatic nitrogens is 1. The molecular weight excluding hydrogens is 257 g/mol. The summed E-state index contributed by atoms with van der Waals surface area (Å²) in [7, 11) is 1.67. The molecule has 1 N–H and O–H groups in total. The first-order chi connectivity index (χ1) is 8.95. The summed E-state index contributed by atoms with van der Waals surface area (Å²) in [4.78, 5) is 3.84. The summed E-state index contributed by atoms with van der Waals surface area (Å²) >= 11 is 0. The van der Waals surface area contributed by atoms with E-state index in [0.29, 0.717) is 6.61 Å². The van der Waals surface area contributed by atoms with E-state index in [1.54, 1.807) is 7.05 Å². The van der Waals surface area contributed by atoms with Crippen molar-refractivity contribution < 1.29 is 17.9 Å². The predicted molar refractivity (Wildman–Crippen MR) is 64.6 cm³/mol. The van der Waals surface area contributed by atoms with Crippen LogP contribution in [0.25, 0.3) is 0 Å². The Hall–Kier alpha value is -1.14. The van der Waals surface area contributed by atoms with Crippen molar-refractivity contribution in [2.75, 3.05) is 13.7 Å². The molecule has 1 saturated heterocycles. The van der Waals surface area contributed by atoms with Crippen molar-refractivity contribution >= 4 is 0 Å². The van der Waals surface area contributed by atoms with Gasteiger partial charge in [0.2, 0.25) is 0 Å². The second-order valence-electron chi connectivity index (χ2n) is 4.76. The minimum atomic E-state index is -4.37. The summed E-state index contributed by atoms with van der Waals surface area (Å²) in [6.45, 7) is 2.48. The molecule has 0 amide bonds. The summed E-state index contributed by atoms with van der Waals surface area (Å²) in [6, 6.07) is 0.628. The number of rotatable bonds is 3. The Labute approximate surface area is 110 Å². The highest BCUT2D eigenvalue weighted by atomic mass is 19.4. The highest BCUT2D eigenvalue weighted by molar-refractivity contribution is 5.30. The van der Waals surface area contributed by atoms with E-state index in [1.807, 2.05) is 6.92 Å². The first kappa shape index (κ1) is 14.3. The van der Waals surface area contributed by atoms with Gasteiger partial charge in [-0.05, 0) is 32.0 Å². The van der Waals surface area contributed by atoms with Crippen LogP contribution in [-0.2, 0) is 10.9 Å². The van der Waals surface area contributed by atoms with E-state index in [2.05, 4.69) is 10.3 Å². The van der Waals surface area contributed by atoms with Crippen LogP contribution in [-0.4, -0.2) is 24.7 Å². The van der Waals surface area contributed by atoms with Crippen molar-refractivity contribution in [3.63, 3.8) is 0 Å². The van der Waals surface area contributed by atoms with Crippen molar-refractivity contribution in [2.24, 2.45) is 5.92 Å². The number of pyridine rings is 1. The van der Waals surface area contributed by atoms with Crippen molar-refractivity contribution in [3.8, 4) is 0 Å². The molecule has 106 valence electrons. The fraction of sp³-hybridized carbons (Fsp3) is 0.615. The average molecular weight is 274 g/mol. The van der Waals surface area contributed by atoms with Gasteiger partial charge in [-0.3, -0.25) is 4.98 Å². The normalized spacial score (nSPS) is 25.5. The van der Waals surface area contributed by atoms with Gasteiger partial charge in [0.05, 0.1) is 11.7 Å². The van der Waals surface area contributed by atoms with Gasteiger partial charge in [-0.25, -0.2) is 0 Å². The van der Waals surface area contributed by atoms with Gasteiger partial charge in [0.15, 0.2) is 0 Å². The lowest BCUT2D eigenvalue weighted by atomic mass is 9.87. The monoisotopic (exact) mass is 274 g/mol. The molecule has 0 bridgehead atoms. The fourth-order valence-corrected chi connectivity index (χ4v) is 2.70. The highest BCUT2D eigenvalue weighted by Gasteiger charge is 2.39. The van der Waals surface area contributed by atoms with Gasteiger partial charge >= 0.3 is 6.18 Å². The lowest BCUT2D eigenvalue weighted by molar-refractivity contribution is -0.138. The predicted octanol–water partition coefficient (Wildman–Crippen LogP) is 2.79. The van der Waals surface area contributed by atoms with Crippen LogP contribution in [0, 0.1) is 5.92 Å². The molecule has 0 saturated carbocycles. The lowest BCUT2D eigenvalue weighted by Gasteiger charge is -2.27. The Balaban J connectivity index is 2.38. The first-order valence-corrected chi connectivity index (χ1v) is 6.25. The second-order valence-corrected chi connectivity index (χ2v) is 4.76. The standard InChI is InChI=1S/C13H17F3N2O/c1-8-9(4-6-19-8)12(17-2)10-7-18-5-3-11(10)13(14,15)16/h3,5,7-9,12,17H,4,6H2,1-2H3. The van der Waals surface area contributed by atoms with E-state index in [1.165, 1.54) is 12.4 Å². The van der Waals surface area contributed by atoms with E-state index >= 15 is 0 Å². The summed E-state index contributed by atoms with van der Waals surface area (Å²) in [5, 5.41) is 2.98. The topological polar surface area (TPSA) is 34.2 Å². The third-order valence-corrected chi connectivity index (χ3v) is 3.67. The minimum absolute atomic E-state index is 0.0234. The zero-order valence-corrected chi connectivity index (χ0v) is 10.9. The molecular formula is C13H17F3N2O. The molecule has 1 aliphatic rings. The van der Waals surface area contributed by atoms with E-state index < -0.39 is 17.8 Å². The second kappa shape index (κ2) is 5.46. The maximum Gasteiger partial charge on any atom is 0.416 e. The molecule has 0 aromatic carbocycles. The van der Waals surface area contributed by atoms with Gasteiger partial charge in [0.25, 0.3) is 0 Å².